The molecule has 0 heterocycles. The van der Waals surface area contributed by atoms with Gasteiger partial charge in [0.2, 0.25) is 5.91 Å². The van der Waals surface area contributed by atoms with Gasteiger partial charge >= 0.3 is 0 Å². The molecular formula is C14H20FNO3. The lowest BCUT2D eigenvalue weighted by Gasteiger charge is -2.18. The zero-order valence-electron chi connectivity index (χ0n) is 11.3. The SMILES string of the molecule is CC(O)CCN(C)C(=O)CCOc1cccc(F)c1. The van der Waals surface area contributed by atoms with Crippen molar-refractivity contribution in [1.29, 1.82) is 0 Å². The second-order valence-electron chi connectivity index (χ2n) is 4.51. The van der Waals surface area contributed by atoms with Crippen LogP contribution >= 0.6 is 0 Å². The predicted octanol–water partition coefficient (Wildman–Crippen LogP) is 1.82. The second kappa shape index (κ2) is 7.74. The molecule has 0 saturated heterocycles. The third-order valence-corrected chi connectivity index (χ3v) is 2.69. The van der Waals surface area contributed by atoms with E-state index in [4.69, 9.17) is 9.84 Å². The Balaban J connectivity index is 2.26. The molecule has 0 bridgehead atoms. The average molecular weight is 269 g/mol. The zero-order valence-corrected chi connectivity index (χ0v) is 11.3. The number of aliphatic hydroxyl groups is 1. The van der Waals surface area contributed by atoms with Crippen LogP contribution in [0.4, 0.5) is 4.39 Å². The topological polar surface area (TPSA) is 49.8 Å². The highest BCUT2D eigenvalue weighted by Gasteiger charge is 2.09. The molecular weight excluding hydrogens is 249 g/mol. The number of amides is 1. The van der Waals surface area contributed by atoms with Crippen LogP contribution in [-0.2, 0) is 4.79 Å². The third-order valence-electron chi connectivity index (χ3n) is 2.69. The molecule has 1 N–H and O–H groups in total. The van der Waals surface area contributed by atoms with E-state index in [-0.39, 0.29) is 24.8 Å². The third kappa shape index (κ3) is 6.20. The van der Waals surface area contributed by atoms with Crippen molar-refractivity contribution >= 4 is 5.91 Å². The average Bonchev–Trinajstić information content (AvgIpc) is 2.35. The van der Waals surface area contributed by atoms with Crippen molar-refractivity contribution in [2.24, 2.45) is 0 Å². The molecule has 19 heavy (non-hydrogen) atoms. The van der Waals surface area contributed by atoms with Gasteiger partial charge in [-0.25, -0.2) is 4.39 Å². The van der Waals surface area contributed by atoms with E-state index < -0.39 is 6.10 Å². The molecule has 0 fully saturated rings. The molecule has 106 valence electrons. The number of hydrogen-bond donors (Lipinski definition) is 1. The van der Waals surface area contributed by atoms with Gasteiger partial charge in [0, 0.05) is 19.7 Å². The molecule has 0 aliphatic rings. The first-order chi connectivity index (χ1) is 8.99. The fourth-order valence-electron chi connectivity index (χ4n) is 1.51. The first-order valence-corrected chi connectivity index (χ1v) is 6.29. The normalized spacial score (nSPS) is 12.0. The lowest BCUT2D eigenvalue weighted by molar-refractivity contribution is -0.130. The molecule has 0 aromatic heterocycles. The van der Waals surface area contributed by atoms with Gasteiger partial charge in [0.05, 0.1) is 19.1 Å². The number of benzene rings is 1. The number of carbonyl (C=O) groups excluding carboxylic acids is 1. The quantitative estimate of drug-likeness (QED) is 0.821. The lowest BCUT2D eigenvalue weighted by Crippen LogP contribution is -2.30. The van der Waals surface area contributed by atoms with Crippen LogP contribution in [0.5, 0.6) is 5.75 Å². The van der Waals surface area contributed by atoms with Crippen molar-refractivity contribution in [1.82, 2.24) is 4.90 Å². The van der Waals surface area contributed by atoms with Crippen LogP contribution in [0.2, 0.25) is 0 Å². The summed E-state index contributed by atoms with van der Waals surface area (Å²) in [4.78, 5) is 13.3. The van der Waals surface area contributed by atoms with Gasteiger partial charge in [-0.05, 0) is 25.5 Å². The summed E-state index contributed by atoms with van der Waals surface area (Å²) in [5.41, 5.74) is 0. The van der Waals surface area contributed by atoms with E-state index >= 15 is 0 Å². The number of hydrogen-bond acceptors (Lipinski definition) is 3. The molecule has 1 aromatic rings. The van der Waals surface area contributed by atoms with E-state index in [0.717, 1.165) is 0 Å². The Hall–Kier alpha value is -1.62. The summed E-state index contributed by atoms with van der Waals surface area (Å²) in [6.07, 6.45) is 0.360. The highest BCUT2D eigenvalue weighted by Crippen LogP contribution is 2.12. The Labute approximate surface area is 112 Å². The monoisotopic (exact) mass is 269 g/mol. The van der Waals surface area contributed by atoms with Gasteiger partial charge < -0.3 is 14.7 Å². The Morgan fingerprint density at radius 1 is 1.53 bits per heavy atom. The standard InChI is InChI=1S/C14H20FNO3/c1-11(17)6-8-16(2)14(18)7-9-19-13-5-3-4-12(15)10-13/h3-5,10-11,17H,6-9H2,1-2H3. The molecule has 1 rings (SSSR count). The predicted molar refractivity (Wildman–Crippen MR) is 70.4 cm³/mol. The summed E-state index contributed by atoms with van der Waals surface area (Å²) < 4.78 is 18.2. The highest BCUT2D eigenvalue weighted by atomic mass is 19.1. The van der Waals surface area contributed by atoms with Gasteiger partial charge in [-0.1, -0.05) is 6.07 Å². The molecule has 0 aliphatic heterocycles. The van der Waals surface area contributed by atoms with Crippen LogP contribution in [0.1, 0.15) is 19.8 Å². The smallest absolute Gasteiger partial charge is 0.225 e. The van der Waals surface area contributed by atoms with Crippen LogP contribution in [0.3, 0.4) is 0 Å². The summed E-state index contributed by atoms with van der Waals surface area (Å²) in [5.74, 6) is -0.00522. The Bertz CT molecular complexity index is 409. The summed E-state index contributed by atoms with van der Waals surface area (Å²) in [6.45, 7) is 2.41. The van der Waals surface area contributed by atoms with Crippen molar-refractivity contribution in [3.8, 4) is 5.75 Å². The number of halogens is 1. The summed E-state index contributed by atoms with van der Waals surface area (Å²) in [6, 6.07) is 5.81. The minimum atomic E-state index is -0.418. The molecule has 0 aliphatic carbocycles. The van der Waals surface area contributed by atoms with E-state index in [1.54, 1.807) is 31.0 Å². The van der Waals surface area contributed by atoms with Crippen molar-refractivity contribution in [3.63, 3.8) is 0 Å². The van der Waals surface area contributed by atoms with Crippen LogP contribution in [0.15, 0.2) is 24.3 Å². The van der Waals surface area contributed by atoms with E-state index in [1.807, 2.05) is 0 Å². The largest absolute Gasteiger partial charge is 0.493 e. The van der Waals surface area contributed by atoms with Gasteiger partial charge in [-0.2, -0.15) is 0 Å². The molecule has 0 radical (unpaired) electrons. The summed E-state index contributed by atoms with van der Waals surface area (Å²) in [7, 11) is 1.69. The molecule has 5 heteroatoms. The van der Waals surface area contributed by atoms with Gasteiger partial charge in [0.25, 0.3) is 0 Å². The Kier molecular flexibility index (Phi) is 6.29. The van der Waals surface area contributed by atoms with Gasteiger partial charge in [0.1, 0.15) is 11.6 Å². The van der Waals surface area contributed by atoms with Crippen molar-refractivity contribution in [2.45, 2.75) is 25.9 Å². The molecule has 0 spiro atoms. The van der Waals surface area contributed by atoms with Gasteiger partial charge in [-0.15, -0.1) is 0 Å². The van der Waals surface area contributed by atoms with Crippen LogP contribution in [0, 0.1) is 5.82 Å². The van der Waals surface area contributed by atoms with Gasteiger partial charge in [-0.3, -0.25) is 4.79 Å². The maximum Gasteiger partial charge on any atom is 0.225 e. The fourth-order valence-corrected chi connectivity index (χ4v) is 1.51. The maximum atomic E-state index is 12.9. The van der Waals surface area contributed by atoms with Crippen molar-refractivity contribution in [3.05, 3.63) is 30.1 Å². The molecule has 4 nitrogen and oxygen atoms in total. The molecule has 0 saturated carbocycles. The van der Waals surface area contributed by atoms with E-state index in [2.05, 4.69) is 0 Å². The number of aliphatic hydroxyl groups excluding tert-OH is 1. The van der Waals surface area contributed by atoms with E-state index in [0.29, 0.717) is 18.7 Å². The Morgan fingerprint density at radius 2 is 2.26 bits per heavy atom. The first-order valence-electron chi connectivity index (χ1n) is 6.29. The van der Waals surface area contributed by atoms with Crippen molar-refractivity contribution < 1.29 is 19.0 Å². The summed E-state index contributed by atoms with van der Waals surface area (Å²) in [5, 5.41) is 9.14. The first kappa shape index (κ1) is 15.4. The minimum absolute atomic E-state index is 0.0583. The molecule has 1 atom stereocenters. The lowest BCUT2D eigenvalue weighted by atomic mass is 10.2. The summed E-state index contributed by atoms with van der Waals surface area (Å²) >= 11 is 0. The number of carbonyl (C=O) groups is 1. The highest BCUT2D eigenvalue weighted by molar-refractivity contribution is 5.75. The van der Waals surface area contributed by atoms with Gasteiger partial charge in [0.15, 0.2) is 0 Å². The zero-order chi connectivity index (χ0) is 14.3. The van der Waals surface area contributed by atoms with E-state index in [1.165, 1.54) is 12.1 Å². The van der Waals surface area contributed by atoms with E-state index in [9.17, 15) is 9.18 Å². The van der Waals surface area contributed by atoms with Crippen LogP contribution < -0.4 is 4.74 Å². The molecule has 1 unspecified atom stereocenters. The Morgan fingerprint density at radius 3 is 2.89 bits per heavy atom. The minimum Gasteiger partial charge on any atom is -0.493 e. The molecule has 1 aromatic carbocycles. The number of rotatable bonds is 7. The number of nitrogens with zero attached hydrogens (tertiary/aromatic N) is 1. The maximum absolute atomic E-state index is 12.9. The van der Waals surface area contributed by atoms with Crippen LogP contribution in [-0.4, -0.2) is 42.2 Å². The second-order valence-corrected chi connectivity index (χ2v) is 4.51. The number of ether oxygens (including phenoxy) is 1. The van der Waals surface area contributed by atoms with Crippen LogP contribution in [0.25, 0.3) is 0 Å². The van der Waals surface area contributed by atoms with Crippen molar-refractivity contribution in [2.75, 3.05) is 20.2 Å². The molecule has 1 amide bonds. The fraction of sp³-hybridized carbons (Fsp3) is 0.500.